The predicted molar refractivity (Wildman–Crippen MR) is 133 cm³/mol. The molecule has 5 heteroatoms. The zero-order valence-electron chi connectivity index (χ0n) is 19.1. The first-order chi connectivity index (χ1) is 15.1. The van der Waals surface area contributed by atoms with Crippen molar-refractivity contribution in [1.82, 2.24) is 9.88 Å². The number of hydrogen-bond donors (Lipinski definition) is 1. The summed E-state index contributed by atoms with van der Waals surface area (Å²) in [6.45, 7) is 6.61. The maximum Gasteiger partial charge on any atom is 0.119 e. The number of aliphatic hydroxyl groups is 1. The molecule has 4 heterocycles. The van der Waals surface area contributed by atoms with Crippen LogP contribution in [0.4, 0.5) is 0 Å². The van der Waals surface area contributed by atoms with Gasteiger partial charge < -0.3 is 9.84 Å². The molecule has 32 heavy (non-hydrogen) atoms. The summed E-state index contributed by atoms with van der Waals surface area (Å²) in [6.07, 6.45) is 3.03. The van der Waals surface area contributed by atoms with E-state index in [-0.39, 0.29) is 18.4 Å². The van der Waals surface area contributed by atoms with Gasteiger partial charge in [-0.3, -0.25) is 4.90 Å². The molecule has 1 unspecified atom stereocenters. The third kappa shape index (κ3) is 4.12. The molecule has 3 saturated heterocycles. The largest absolute Gasteiger partial charge is 0.497 e. The van der Waals surface area contributed by atoms with Crippen LogP contribution in [0, 0.1) is 18.8 Å². The molecule has 0 saturated carbocycles. The Hall–Kier alpha value is -2.14. The summed E-state index contributed by atoms with van der Waals surface area (Å²) in [7, 11) is 1.68. The van der Waals surface area contributed by atoms with E-state index in [2.05, 4.69) is 49.1 Å². The number of pyridine rings is 1. The van der Waals surface area contributed by atoms with Crippen molar-refractivity contribution < 1.29 is 9.84 Å². The molecule has 0 radical (unpaired) electrons. The number of methoxy groups -OCH3 is 1. The number of fused-ring (bicyclic) bond motifs is 4. The molecule has 6 rings (SSSR count). The summed E-state index contributed by atoms with van der Waals surface area (Å²) in [5.74, 6) is 2.30. The molecular formula is C27H33ClN2O2. The van der Waals surface area contributed by atoms with Crippen molar-refractivity contribution in [2.24, 2.45) is 11.8 Å². The fraction of sp³-hybridized carbons (Fsp3) is 0.444. The second-order valence-electron chi connectivity index (χ2n) is 9.31. The van der Waals surface area contributed by atoms with Gasteiger partial charge in [-0.1, -0.05) is 37.1 Å². The molecule has 0 spiro atoms. The first-order valence-corrected chi connectivity index (χ1v) is 11.5. The van der Waals surface area contributed by atoms with Gasteiger partial charge in [-0.25, -0.2) is 4.98 Å². The highest BCUT2D eigenvalue weighted by atomic mass is 35.5. The number of nitrogens with zero attached hydrogens (tertiary/aromatic N) is 2. The highest BCUT2D eigenvalue weighted by Crippen LogP contribution is 2.43. The van der Waals surface area contributed by atoms with Gasteiger partial charge in [0.2, 0.25) is 0 Å². The number of benzene rings is 2. The van der Waals surface area contributed by atoms with E-state index in [4.69, 9.17) is 9.72 Å². The number of rotatable bonds is 5. The Morgan fingerprint density at radius 2 is 2.03 bits per heavy atom. The number of ether oxygens (including phenoxy) is 1. The lowest BCUT2D eigenvalue weighted by Crippen LogP contribution is -2.55. The van der Waals surface area contributed by atoms with Gasteiger partial charge >= 0.3 is 0 Å². The average molecular weight is 453 g/mol. The lowest BCUT2D eigenvalue weighted by Gasteiger charge is -2.51. The van der Waals surface area contributed by atoms with Crippen molar-refractivity contribution >= 4 is 23.3 Å². The predicted octanol–water partition coefficient (Wildman–Crippen LogP) is 5.79. The fourth-order valence-corrected chi connectivity index (χ4v) is 5.73. The molecule has 3 aromatic rings. The van der Waals surface area contributed by atoms with E-state index in [0.717, 1.165) is 64.8 Å². The molecule has 3 fully saturated rings. The van der Waals surface area contributed by atoms with Gasteiger partial charge in [-0.15, -0.1) is 12.4 Å². The molecule has 3 aliphatic heterocycles. The Morgan fingerprint density at radius 1 is 1.19 bits per heavy atom. The minimum atomic E-state index is -0.540. The van der Waals surface area contributed by atoms with E-state index in [1.165, 1.54) is 18.4 Å². The van der Waals surface area contributed by atoms with Crippen LogP contribution in [-0.4, -0.2) is 41.2 Å². The van der Waals surface area contributed by atoms with Gasteiger partial charge in [0.25, 0.3) is 0 Å². The van der Waals surface area contributed by atoms with E-state index in [0.29, 0.717) is 0 Å². The van der Waals surface area contributed by atoms with E-state index in [1.54, 1.807) is 7.11 Å². The monoisotopic (exact) mass is 452 g/mol. The van der Waals surface area contributed by atoms with Crippen LogP contribution in [0.1, 0.15) is 43.4 Å². The zero-order chi connectivity index (χ0) is 21.5. The number of aryl methyl sites for hydroxylation is 1. The normalized spacial score (nSPS) is 25.4. The maximum atomic E-state index is 11.7. The molecule has 170 valence electrons. The van der Waals surface area contributed by atoms with Crippen molar-refractivity contribution in [3.05, 3.63) is 59.7 Å². The Labute approximate surface area is 197 Å². The number of aliphatic hydroxyl groups excluding tert-OH is 1. The van der Waals surface area contributed by atoms with Crippen molar-refractivity contribution in [2.45, 2.75) is 45.3 Å². The van der Waals surface area contributed by atoms with Crippen LogP contribution >= 0.6 is 12.4 Å². The maximum absolute atomic E-state index is 11.7. The van der Waals surface area contributed by atoms with Gasteiger partial charge in [-0.2, -0.15) is 0 Å². The molecule has 5 atom stereocenters. The van der Waals surface area contributed by atoms with Crippen LogP contribution in [0.2, 0.25) is 0 Å². The standard InChI is InChI=1S/C27H32N2O2.ClH/c1-4-18-16-29-11-10-19(18)13-26(29)27(30)23-15-25(20-7-5-6-17(2)12-20)28-24-9-8-21(31-3)14-22(23)24;/h5-9,12,14-15,18-19,26-27,30H,4,10-11,13,16H2,1-3H3;1H/t18-,19+,26-,27+;/m0./s1. The van der Waals surface area contributed by atoms with Crippen LogP contribution in [-0.2, 0) is 0 Å². The van der Waals surface area contributed by atoms with E-state index in [1.807, 2.05) is 18.2 Å². The van der Waals surface area contributed by atoms with Crippen LogP contribution < -0.4 is 4.74 Å². The topological polar surface area (TPSA) is 45.6 Å². The zero-order valence-corrected chi connectivity index (χ0v) is 19.9. The van der Waals surface area contributed by atoms with Gasteiger partial charge in [-0.05, 0) is 74.0 Å². The first kappa shape index (κ1) is 23.0. The van der Waals surface area contributed by atoms with E-state index >= 15 is 0 Å². The third-order valence-electron chi connectivity index (χ3n) is 7.51. The molecular weight excluding hydrogens is 420 g/mol. The molecule has 0 amide bonds. The van der Waals surface area contributed by atoms with Gasteiger partial charge in [0.1, 0.15) is 5.75 Å². The Bertz CT molecular complexity index is 1100. The molecule has 1 N–H and O–H groups in total. The summed E-state index contributed by atoms with van der Waals surface area (Å²) in [6, 6.07) is 16.7. The van der Waals surface area contributed by atoms with Crippen molar-refractivity contribution in [2.75, 3.05) is 20.2 Å². The van der Waals surface area contributed by atoms with Crippen molar-refractivity contribution in [3.8, 4) is 17.0 Å². The molecule has 1 aromatic heterocycles. The third-order valence-corrected chi connectivity index (χ3v) is 7.51. The lowest BCUT2D eigenvalue weighted by molar-refractivity contribution is -0.0562. The SMILES string of the molecule is CC[C@H]1CN2CC[C@@H]1C[C@H]2[C@H](O)c1cc(-c2cccc(C)c2)nc2ccc(OC)cc12.Cl. The minimum Gasteiger partial charge on any atom is -0.497 e. The lowest BCUT2D eigenvalue weighted by atomic mass is 9.72. The smallest absolute Gasteiger partial charge is 0.119 e. The number of hydrogen-bond acceptors (Lipinski definition) is 4. The number of halogens is 1. The van der Waals surface area contributed by atoms with Gasteiger partial charge in [0, 0.05) is 23.5 Å². The summed E-state index contributed by atoms with van der Waals surface area (Å²) < 4.78 is 5.49. The molecule has 4 nitrogen and oxygen atoms in total. The van der Waals surface area contributed by atoms with E-state index < -0.39 is 6.10 Å². The summed E-state index contributed by atoms with van der Waals surface area (Å²) >= 11 is 0. The van der Waals surface area contributed by atoms with Crippen molar-refractivity contribution in [3.63, 3.8) is 0 Å². The molecule has 2 bridgehead atoms. The highest BCUT2D eigenvalue weighted by Gasteiger charge is 2.42. The Morgan fingerprint density at radius 3 is 2.72 bits per heavy atom. The molecule has 3 aliphatic rings. The number of aromatic nitrogens is 1. The fourth-order valence-electron chi connectivity index (χ4n) is 5.73. The van der Waals surface area contributed by atoms with Gasteiger partial charge in [0.05, 0.1) is 24.4 Å². The van der Waals surface area contributed by atoms with Crippen LogP contribution in [0.3, 0.4) is 0 Å². The first-order valence-electron chi connectivity index (χ1n) is 11.5. The Kier molecular flexibility index (Phi) is 6.75. The highest BCUT2D eigenvalue weighted by molar-refractivity contribution is 5.87. The van der Waals surface area contributed by atoms with Crippen LogP contribution in [0.25, 0.3) is 22.2 Å². The number of piperidine rings is 3. The molecule has 0 aliphatic carbocycles. The summed E-state index contributed by atoms with van der Waals surface area (Å²) in [4.78, 5) is 7.47. The van der Waals surface area contributed by atoms with Crippen molar-refractivity contribution in [1.29, 1.82) is 0 Å². The summed E-state index contributed by atoms with van der Waals surface area (Å²) in [5, 5.41) is 12.7. The van der Waals surface area contributed by atoms with Gasteiger partial charge in [0.15, 0.2) is 0 Å². The van der Waals surface area contributed by atoms with Crippen LogP contribution in [0.15, 0.2) is 48.5 Å². The molecule has 2 aromatic carbocycles. The summed E-state index contributed by atoms with van der Waals surface area (Å²) in [5.41, 5.74) is 5.07. The quantitative estimate of drug-likeness (QED) is 0.531. The van der Waals surface area contributed by atoms with E-state index in [9.17, 15) is 5.11 Å². The average Bonchev–Trinajstić information content (AvgIpc) is 2.82. The van der Waals surface area contributed by atoms with Crippen LogP contribution in [0.5, 0.6) is 5.75 Å². The minimum absolute atomic E-state index is 0. The second-order valence-corrected chi connectivity index (χ2v) is 9.31. The Balaban J connectivity index is 0.00000245. The second kappa shape index (κ2) is 9.38.